The van der Waals surface area contributed by atoms with Crippen LogP contribution in [0.25, 0.3) is 11.0 Å². The minimum Gasteiger partial charge on any atom is -0.379 e. The van der Waals surface area contributed by atoms with E-state index in [1.165, 1.54) is 4.31 Å². The van der Waals surface area contributed by atoms with Crippen molar-refractivity contribution in [2.45, 2.75) is 0 Å². The summed E-state index contributed by atoms with van der Waals surface area (Å²) in [5.41, 5.74) is 6.82. The zero-order chi connectivity index (χ0) is 13.5. The zero-order valence-electron chi connectivity index (χ0n) is 10.2. The van der Waals surface area contributed by atoms with Gasteiger partial charge in [-0.15, -0.1) is 0 Å². The molecule has 0 radical (unpaired) electrons. The van der Waals surface area contributed by atoms with E-state index in [4.69, 9.17) is 10.5 Å². The molecule has 0 atom stereocenters. The number of anilines is 1. The molecule has 1 aromatic carbocycles. The highest BCUT2D eigenvalue weighted by molar-refractivity contribution is 7.87. The summed E-state index contributed by atoms with van der Waals surface area (Å²) in [6.45, 7) is 1.44. The third-order valence-corrected chi connectivity index (χ3v) is 4.93. The van der Waals surface area contributed by atoms with Crippen LogP contribution in [0.1, 0.15) is 0 Å². The molecule has 0 bridgehead atoms. The van der Waals surface area contributed by atoms with E-state index in [-0.39, 0.29) is 5.95 Å². The van der Waals surface area contributed by atoms with E-state index in [1.807, 2.05) is 0 Å². The van der Waals surface area contributed by atoms with Crippen molar-refractivity contribution in [3.63, 3.8) is 0 Å². The van der Waals surface area contributed by atoms with E-state index in [9.17, 15) is 8.42 Å². The molecule has 0 aliphatic carbocycles. The largest absolute Gasteiger partial charge is 0.379 e. The first-order valence-corrected chi connectivity index (χ1v) is 7.32. The lowest BCUT2D eigenvalue weighted by molar-refractivity contribution is 0.0726. The lowest BCUT2D eigenvalue weighted by Gasteiger charge is -2.26. The van der Waals surface area contributed by atoms with Gasteiger partial charge >= 0.3 is 10.2 Å². The molecule has 0 spiro atoms. The van der Waals surface area contributed by atoms with E-state index >= 15 is 0 Å². The minimum atomic E-state index is -3.69. The quantitative estimate of drug-likeness (QED) is 0.840. The van der Waals surface area contributed by atoms with Crippen molar-refractivity contribution in [2.24, 2.45) is 0 Å². The molecular weight excluding hydrogens is 268 g/mol. The normalized spacial score (nSPS) is 17.9. The first kappa shape index (κ1) is 12.4. The Morgan fingerprint density at radius 1 is 1.21 bits per heavy atom. The summed E-state index contributed by atoms with van der Waals surface area (Å²) < 4.78 is 32.8. The van der Waals surface area contributed by atoms with Crippen LogP contribution in [0.5, 0.6) is 0 Å². The van der Waals surface area contributed by atoms with Gasteiger partial charge in [-0.05, 0) is 12.1 Å². The van der Waals surface area contributed by atoms with E-state index in [1.54, 1.807) is 24.3 Å². The molecule has 0 unspecified atom stereocenters. The van der Waals surface area contributed by atoms with Crippen molar-refractivity contribution in [3.8, 4) is 0 Å². The fourth-order valence-electron chi connectivity index (χ4n) is 2.16. The molecule has 1 aliphatic heterocycles. The Balaban J connectivity index is 2.15. The number of aromatic nitrogens is 2. The number of rotatable bonds is 2. The van der Waals surface area contributed by atoms with Gasteiger partial charge in [-0.25, -0.2) is 4.98 Å². The van der Waals surface area contributed by atoms with Gasteiger partial charge in [0.25, 0.3) is 0 Å². The van der Waals surface area contributed by atoms with E-state index < -0.39 is 10.2 Å². The number of ether oxygens (including phenoxy) is 1. The van der Waals surface area contributed by atoms with E-state index in [0.29, 0.717) is 37.3 Å². The van der Waals surface area contributed by atoms with Gasteiger partial charge in [0.1, 0.15) is 0 Å². The maximum absolute atomic E-state index is 12.6. The van der Waals surface area contributed by atoms with Crippen LogP contribution in [-0.4, -0.2) is 48.0 Å². The molecule has 1 aliphatic rings. The Morgan fingerprint density at radius 2 is 1.89 bits per heavy atom. The number of para-hydroxylation sites is 2. The fourth-order valence-corrected chi connectivity index (χ4v) is 3.68. The number of hydrogen-bond donors (Lipinski definition) is 1. The van der Waals surface area contributed by atoms with Gasteiger partial charge < -0.3 is 10.5 Å². The molecular formula is C11H14N4O3S. The second-order valence-electron chi connectivity index (χ2n) is 4.24. The molecule has 19 heavy (non-hydrogen) atoms. The summed E-state index contributed by atoms with van der Waals surface area (Å²) in [5, 5.41) is 0. The molecule has 1 saturated heterocycles. The van der Waals surface area contributed by atoms with Crippen LogP contribution >= 0.6 is 0 Å². The molecule has 2 N–H and O–H groups in total. The van der Waals surface area contributed by atoms with Crippen LogP contribution in [0.4, 0.5) is 5.95 Å². The second kappa shape index (κ2) is 4.48. The van der Waals surface area contributed by atoms with Crippen LogP contribution in [-0.2, 0) is 14.9 Å². The Bertz CT molecular complexity index is 704. The Labute approximate surface area is 110 Å². The van der Waals surface area contributed by atoms with Gasteiger partial charge in [-0.2, -0.15) is 16.7 Å². The zero-order valence-corrected chi connectivity index (χ0v) is 11.0. The first-order chi connectivity index (χ1) is 9.10. The maximum atomic E-state index is 12.6. The third kappa shape index (κ3) is 1.97. The number of fused-ring (bicyclic) bond motifs is 1. The van der Waals surface area contributed by atoms with Crippen molar-refractivity contribution < 1.29 is 13.2 Å². The van der Waals surface area contributed by atoms with Crippen LogP contribution in [0.15, 0.2) is 24.3 Å². The van der Waals surface area contributed by atoms with E-state index in [2.05, 4.69) is 4.98 Å². The highest BCUT2D eigenvalue weighted by atomic mass is 32.2. The number of hydrogen-bond acceptors (Lipinski definition) is 5. The first-order valence-electron chi connectivity index (χ1n) is 5.92. The molecule has 0 saturated carbocycles. The molecule has 2 aromatic rings. The number of imidazole rings is 1. The summed E-state index contributed by atoms with van der Waals surface area (Å²) >= 11 is 0. The van der Waals surface area contributed by atoms with Crippen molar-refractivity contribution in [3.05, 3.63) is 24.3 Å². The second-order valence-corrected chi connectivity index (χ2v) is 6.02. The number of benzene rings is 1. The predicted molar refractivity (Wildman–Crippen MR) is 70.9 cm³/mol. The van der Waals surface area contributed by atoms with Crippen molar-refractivity contribution >= 4 is 27.2 Å². The lowest BCUT2D eigenvalue weighted by atomic mass is 10.3. The smallest absolute Gasteiger partial charge is 0.311 e. The molecule has 2 heterocycles. The summed E-state index contributed by atoms with van der Waals surface area (Å²) in [5.74, 6) is -0.0207. The van der Waals surface area contributed by atoms with Crippen molar-refractivity contribution in [1.82, 2.24) is 13.3 Å². The van der Waals surface area contributed by atoms with Crippen LogP contribution in [0.3, 0.4) is 0 Å². The highest BCUT2D eigenvalue weighted by Gasteiger charge is 2.29. The Morgan fingerprint density at radius 3 is 2.63 bits per heavy atom. The van der Waals surface area contributed by atoms with Crippen molar-refractivity contribution in [1.29, 1.82) is 0 Å². The van der Waals surface area contributed by atoms with Gasteiger partial charge in [0.05, 0.1) is 24.2 Å². The van der Waals surface area contributed by atoms with Crippen LogP contribution in [0.2, 0.25) is 0 Å². The Kier molecular flexibility index (Phi) is 2.92. The molecule has 7 nitrogen and oxygen atoms in total. The van der Waals surface area contributed by atoms with E-state index in [0.717, 1.165) is 3.97 Å². The number of nitrogens with two attached hydrogens (primary N) is 1. The summed E-state index contributed by atoms with van der Waals surface area (Å²) in [4.78, 5) is 4.08. The molecule has 102 valence electrons. The van der Waals surface area contributed by atoms with Gasteiger partial charge in [0, 0.05) is 13.1 Å². The summed E-state index contributed by atoms with van der Waals surface area (Å²) in [6, 6.07) is 6.98. The van der Waals surface area contributed by atoms with Gasteiger partial charge in [0.2, 0.25) is 5.95 Å². The molecule has 3 rings (SSSR count). The molecule has 0 amide bonds. The fraction of sp³-hybridized carbons (Fsp3) is 0.364. The number of morpholine rings is 1. The molecule has 1 aromatic heterocycles. The van der Waals surface area contributed by atoms with Crippen LogP contribution in [0, 0.1) is 0 Å². The minimum absolute atomic E-state index is 0.0207. The summed E-state index contributed by atoms with van der Waals surface area (Å²) in [6.07, 6.45) is 0. The molecule has 1 fully saturated rings. The van der Waals surface area contributed by atoms with Gasteiger partial charge in [-0.1, -0.05) is 12.1 Å². The topological polar surface area (TPSA) is 90.4 Å². The SMILES string of the molecule is Nc1nc2ccccc2n1S(=O)(=O)N1CCOCC1. The third-order valence-electron chi connectivity index (χ3n) is 3.07. The lowest BCUT2D eigenvalue weighted by Crippen LogP contribution is -2.43. The predicted octanol–water partition coefficient (Wildman–Crippen LogP) is 0.0436. The Hall–Kier alpha value is -1.64. The maximum Gasteiger partial charge on any atom is 0.311 e. The number of nitrogen functional groups attached to an aromatic ring is 1. The average molecular weight is 282 g/mol. The van der Waals surface area contributed by atoms with Crippen molar-refractivity contribution in [2.75, 3.05) is 32.0 Å². The average Bonchev–Trinajstić information content (AvgIpc) is 2.76. The van der Waals surface area contributed by atoms with Crippen LogP contribution < -0.4 is 5.73 Å². The molecule has 8 heteroatoms. The standard InChI is InChI=1S/C11H14N4O3S/c12-11-13-9-3-1-2-4-10(9)15(11)19(16,17)14-5-7-18-8-6-14/h1-4H,5-8H2,(H2,12,13). The monoisotopic (exact) mass is 282 g/mol. The number of nitrogens with zero attached hydrogens (tertiary/aromatic N) is 3. The van der Waals surface area contributed by atoms with Gasteiger partial charge in [-0.3, -0.25) is 0 Å². The van der Waals surface area contributed by atoms with Gasteiger partial charge in [0.15, 0.2) is 0 Å². The highest BCUT2D eigenvalue weighted by Crippen LogP contribution is 2.22. The summed E-state index contributed by atoms with van der Waals surface area (Å²) in [7, 11) is -3.69.